The SMILES string of the molecule is CN(CC(=O)CCCOCCOCCOCCOCCOCCOCCOCCOCCOCCOCCOCCOCCOCCOCCOCCN=[N+]=[N-])C(=O)CN(C)C(=O)CN(C)C(=O)CN(C)C(=O)CN(C)C(=O)CCCC(=O)Oc1ccc([N+](=O)[O-])cc1. The van der Waals surface area contributed by atoms with Gasteiger partial charge in [-0.2, -0.15) is 0 Å². The lowest BCUT2D eigenvalue weighted by atomic mass is 10.2. The van der Waals surface area contributed by atoms with E-state index in [-0.39, 0.29) is 69.1 Å². The summed E-state index contributed by atoms with van der Waals surface area (Å²) in [6, 6.07) is 4.96. The maximum Gasteiger partial charge on any atom is 0.311 e. The molecule has 93 heavy (non-hydrogen) atoms. The van der Waals surface area contributed by atoms with Gasteiger partial charge in [-0.15, -0.1) is 0 Å². The third kappa shape index (κ3) is 50.9. The first kappa shape index (κ1) is 84.8. The van der Waals surface area contributed by atoms with Gasteiger partial charge < -0.3 is 100 Å². The van der Waals surface area contributed by atoms with E-state index in [1.165, 1.54) is 64.4 Å². The number of azide groups is 1. The fraction of sp³-hybridized carbons (Fsp3) is 0.780. The van der Waals surface area contributed by atoms with E-state index in [0.717, 1.165) is 19.6 Å². The summed E-state index contributed by atoms with van der Waals surface area (Å²) in [5.74, 6) is -3.29. The molecule has 0 bridgehead atoms. The molecular weight excluding hydrogens is 1230 g/mol. The highest BCUT2D eigenvalue weighted by atomic mass is 16.6. The van der Waals surface area contributed by atoms with Crippen LogP contribution in [0.2, 0.25) is 0 Å². The summed E-state index contributed by atoms with van der Waals surface area (Å²) in [6.45, 7) is 11.6. The van der Waals surface area contributed by atoms with Gasteiger partial charge in [0.25, 0.3) is 5.69 Å². The van der Waals surface area contributed by atoms with E-state index in [1.54, 1.807) is 0 Å². The molecule has 1 rings (SSSR count). The number of nitro benzene ring substituents is 1. The second kappa shape index (κ2) is 59.6. The van der Waals surface area contributed by atoms with Gasteiger partial charge in [0.1, 0.15) is 5.75 Å². The maximum absolute atomic E-state index is 12.9. The molecule has 0 saturated carbocycles. The fourth-order valence-corrected chi connectivity index (χ4v) is 7.17. The number of carbonyl (C=O) groups is 7. The minimum atomic E-state index is -0.640. The number of Topliss-reactive ketones (excluding diaryl/α,β-unsaturated/α-hetero) is 1. The Hall–Kier alpha value is -6.18. The summed E-state index contributed by atoms with van der Waals surface area (Å²) in [5, 5.41) is 14.2. The van der Waals surface area contributed by atoms with E-state index in [9.17, 15) is 43.7 Å². The molecule has 34 nitrogen and oxygen atoms in total. The molecule has 0 fully saturated rings. The van der Waals surface area contributed by atoms with Gasteiger partial charge in [0.15, 0.2) is 5.78 Å². The number of nitro groups is 1. The predicted molar refractivity (Wildman–Crippen MR) is 331 cm³/mol. The number of likely N-dealkylation sites (N-methyl/N-ethyl adjacent to an activating group) is 5. The van der Waals surface area contributed by atoms with Crippen molar-refractivity contribution in [1.82, 2.24) is 24.5 Å². The van der Waals surface area contributed by atoms with Crippen LogP contribution in [0.3, 0.4) is 0 Å². The molecule has 0 saturated heterocycles. The smallest absolute Gasteiger partial charge is 0.311 e. The molecule has 34 heteroatoms. The van der Waals surface area contributed by atoms with Crippen molar-refractivity contribution >= 4 is 47.0 Å². The number of ether oxygens (including phenoxy) is 16. The van der Waals surface area contributed by atoms with E-state index in [4.69, 9.17) is 81.3 Å². The van der Waals surface area contributed by atoms with E-state index in [1.807, 2.05) is 0 Å². The van der Waals surface area contributed by atoms with Crippen molar-refractivity contribution in [1.29, 1.82) is 0 Å². The van der Waals surface area contributed by atoms with Gasteiger partial charge in [0, 0.05) is 84.7 Å². The standard InChI is InChI=1S/C59H101N9O25/c1-63(55(71)48-65(3)57(73)50-67(5)58(74)49-66(4)56(72)47-64(2)54(70)9-6-10-59(75)93-53-13-11-51(12-14-53)68(76)77)46-52(69)8-7-16-78-18-20-80-22-24-82-26-28-84-30-32-86-34-36-88-38-40-90-42-44-92-45-43-91-41-39-89-37-35-87-33-31-85-29-27-83-25-23-81-21-19-79-17-15-61-62-60/h11-14H,6-10,15-50H2,1-5H3. The molecule has 0 atom stereocenters. The summed E-state index contributed by atoms with van der Waals surface area (Å²) >= 11 is 0. The zero-order valence-electron chi connectivity index (χ0n) is 55.0. The van der Waals surface area contributed by atoms with Crippen LogP contribution < -0.4 is 4.74 Å². The van der Waals surface area contributed by atoms with Crippen molar-refractivity contribution in [3.63, 3.8) is 0 Å². The summed E-state index contributed by atoms with van der Waals surface area (Å²) in [7, 11) is 6.98. The van der Waals surface area contributed by atoms with Crippen molar-refractivity contribution in [3.05, 3.63) is 44.8 Å². The van der Waals surface area contributed by atoms with Crippen LogP contribution >= 0.6 is 0 Å². The molecule has 0 unspecified atom stereocenters. The minimum Gasteiger partial charge on any atom is -0.427 e. The monoisotopic (exact) mass is 1340 g/mol. The van der Waals surface area contributed by atoms with Gasteiger partial charge in [-0.1, -0.05) is 5.11 Å². The van der Waals surface area contributed by atoms with Crippen LogP contribution in [0.5, 0.6) is 5.75 Å². The molecule has 0 aliphatic heterocycles. The lowest BCUT2D eigenvalue weighted by Crippen LogP contribution is -2.47. The number of benzene rings is 1. The Balaban J connectivity index is 1.87. The predicted octanol–water partition coefficient (Wildman–Crippen LogP) is 0.871. The first-order chi connectivity index (χ1) is 45.0. The van der Waals surface area contributed by atoms with Crippen LogP contribution in [0.1, 0.15) is 32.1 Å². The number of rotatable bonds is 65. The zero-order valence-corrected chi connectivity index (χ0v) is 55.0. The van der Waals surface area contributed by atoms with Crippen LogP contribution in [-0.2, 0) is 105 Å². The Labute approximate surface area is 544 Å². The van der Waals surface area contributed by atoms with Gasteiger partial charge in [-0.3, -0.25) is 43.7 Å². The van der Waals surface area contributed by atoms with Crippen LogP contribution in [0.4, 0.5) is 5.69 Å². The summed E-state index contributed by atoms with van der Waals surface area (Å²) in [5.41, 5.74) is 8.02. The molecule has 0 N–H and O–H groups in total. The highest BCUT2D eigenvalue weighted by Gasteiger charge is 2.24. The number of esters is 1. The first-order valence-electron chi connectivity index (χ1n) is 30.9. The van der Waals surface area contributed by atoms with Gasteiger partial charge >= 0.3 is 5.97 Å². The average molecular weight is 1340 g/mol. The third-order valence-electron chi connectivity index (χ3n) is 12.4. The van der Waals surface area contributed by atoms with Gasteiger partial charge in [0.2, 0.25) is 29.5 Å². The largest absolute Gasteiger partial charge is 0.427 e. The van der Waals surface area contributed by atoms with E-state index >= 15 is 0 Å². The molecule has 5 amide bonds. The van der Waals surface area contributed by atoms with Crippen molar-refractivity contribution in [2.45, 2.75) is 32.1 Å². The van der Waals surface area contributed by atoms with Gasteiger partial charge in [0.05, 0.1) is 229 Å². The molecule has 1 aromatic rings. The number of hydrogen-bond donors (Lipinski definition) is 0. The van der Waals surface area contributed by atoms with E-state index in [2.05, 4.69) is 10.0 Å². The highest BCUT2D eigenvalue weighted by molar-refractivity contribution is 5.92. The summed E-state index contributed by atoms with van der Waals surface area (Å²) in [6.07, 6.45) is 0.554. The third-order valence-corrected chi connectivity index (χ3v) is 12.4. The van der Waals surface area contributed by atoms with E-state index in [0.29, 0.717) is 211 Å². The van der Waals surface area contributed by atoms with Crippen molar-refractivity contribution < 1.29 is 114 Å². The summed E-state index contributed by atoms with van der Waals surface area (Å²) in [4.78, 5) is 107. The highest BCUT2D eigenvalue weighted by Crippen LogP contribution is 2.18. The quantitative estimate of drug-likeness (QED) is 0.0128. The van der Waals surface area contributed by atoms with Crippen molar-refractivity contribution in [3.8, 4) is 5.75 Å². The van der Waals surface area contributed by atoms with Gasteiger partial charge in [-0.05, 0) is 30.5 Å². The first-order valence-corrected chi connectivity index (χ1v) is 30.9. The zero-order chi connectivity index (χ0) is 68.2. The Morgan fingerprint density at radius 1 is 0.376 bits per heavy atom. The normalized spacial score (nSPS) is 11.1. The molecule has 0 spiro atoms. The van der Waals surface area contributed by atoms with Crippen LogP contribution in [-0.4, -0.2) is 343 Å². The Kier molecular flexibility index (Phi) is 54.3. The van der Waals surface area contributed by atoms with Crippen molar-refractivity contribution in [2.75, 3.05) is 273 Å². The van der Waals surface area contributed by atoms with Gasteiger partial charge in [-0.25, -0.2) is 0 Å². The molecule has 0 aliphatic rings. The number of ketones is 1. The lowest BCUT2D eigenvalue weighted by molar-refractivity contribution is -0.384. The molecule has 532 valence electrons. The number of hydrogen-bond acceptors (Lipinski definition) is 26. The molecular formula is C59H101N9O25. The topological polar surface area (TPSA) is 375 Å². The van der Waals surface area contributed by atoms with E-state index < -0.39 is 47.0 Å². The number of nitrogens with zero attached hydrogens (tertiary/aromatic N) is 9. The molecule has 0 radical (unpaired) electrons. The second-order valence-corrected chi connectivity index (χ2v) is 20.1. The average Bonchev–Trinajstić information content (AvgIpc) is 3.11. The maximum atomic E-state index is 12.9. The lowest BCUT2D eigenvalue weighted by Gasteiger charge is -2.26. The van der Waals surface area contributed by atoms with Crippen molar-refractivity contribution in [2.24, 2.45) is 5.11 Å². The molecule has 0 aromatic heterocycles. The summed E-state index contributed by atoms with van der Waals surface area (Å²) < 4.78 is 87.2. The fourth-order valence-electron chi connectivity index (χ4n) is 7.17. The van der Waals surface area contributed by atoms with Crippen LogP contribution in [0.25, 0.3) is 10.4 Å². The van der Waals surface area contributed by atoms with Crippen LogP contribution in [0, 0.1) is 10.1 Å². The number of carbonyl (C=O) groups excluding carboxylic acids is 7. The Bertz CT molecular complexity index is 2210. The Morgan fingerprint density at radius 3 is 0.935 bits per heavy atom. The number of amides is 5. The molecule has 1 aromatic carbocycles. The number of non-ortho nitro benzene ring substituents is 1. The molecule has 0 heterocycles. The second-order valence-electron chi connectivity index (χ2n) is 20.1. The minimum absolute atomic E-state index is 0.0723. The van der Waals surface area contributed by atoms with Crippen LogP contribution in [0.15, 0.2) is 29.4 Å². The molecule has 0 aliphatic carbocycles. The Morgan fingerprint density at radius 2 is 0.645 bits per heavy atom.